The van der Waals surface area contributed by atoms with Gasteiger partial charge in [-0.1, -0.05) is 26.8 Å². The molecule has 0 fully saturated rings. The molecule has 0 saturated carbocycles. The van der Waals surface area contributed by atoms with Crippen LogP contribution in [-0.2, 0) is 5.41 Å². The molecule has 0 saturated heterocycles. The van der Waals surface area contributed by atoms with Crippen LogP contribution in [0.2, 0.25) is 0 Å². The largest absolute Gasteiger partial charge is 0.506 e. The number of aromatic hydroxyl groups is 1. The SMILES string of the molecule is CC(C)(C)c1ccc(O)c(NC(=O)c2ccc(F)cc2)c1. The van der Waals surface area contributed by atoms with Crippen LogP contribution in [0, 0.1) is 5.82 Å². The van der Waals surface area contributed by atoms with Gasteiger partial charge in [-0.2, -0.15) is 0 Å². The monoisotopic (exact) mass is 287 g/mol. The number of carbonyl (C=O) groups is 1. The first-order valence-corrected chi connectivity index (χ1v) is 6.68. The van der Waals surface area contributed by atoms with Crippen molar-refractivity contribution in [2.24, 2.45) is 0 Å². The lowest BCUT2D eigenvalue weighted by Gasteiger charge is -2.20. The standard InChI is InChI=1S/C17H18FNO2/c1-17(2,3)12-6-9-15(20)14(10-12)19-16(21)11-4-7-13(18)8-5-11/h4-10,20H,1-3H3,(H,19,21). The highest BCUT2D eigenvalue weighted by atomic mass is 19.1. The van der Waals surface area contributed by atoms with Gasteiger partial charge in [0.05, 0.1) is 5.69 Å². The van der Waals surface area contributed by atoms with Crippen molar-refractivity contribution in [2.75, 3.05) is 5.32 Å². The Labute approximate surface area is 123 Å². The summed E-state index contributed by atoms with van der Waals surface area (Å²) in [4.78, 5) is 12.1. The van der Waals surface area contributed by atoms with Crippen molar-refractivity contribution in [1.29, 1.82) is 0 Å². The number of anilines is 1. The minimum Gasteiger partial charge on any atom is -0.506 e. The summed E-state index contributed by atoms with van der Waals surface area (Å²) in [5.74, 6) is -0.793. The molecule has 0 aromatic heterocycles. The number of phenolic OH excluding ortho intramolecular Hbond substituents is 1. The van der Waals surface area contributed by atoms with Crippen molar-refractivity contribution in [2.45, 2.75) is 26.2 Å². The molecule has 21 heavy (non-hydrogen) atoms. The second-order valence-corrected chi connectivity index (χ2v) is 5.94. The van der Waals surface area contributed by atoms with Crippen molar-refractivity contribution in [3.05, 3.63) is 59.4 Å². The average Bonchev–Trinajstić information content (AvgIpc) is 2.40. The summed E-state index contributed by atoms with van der Waals surface area (Å²) < 4.78 is 12.9. The van der Waals surface area contributed by atoms with E-state index < -0.39 is 11.7 Å². The molecule has 2 aromatic rings. The maximum absolute atomic E-state index is 12.9. The van der Waals surface area contributed by atoms with Gasteiger partial charge in [-0.05, 0) is 47.4 Å². The molecule has 1 amide bonds. The molecule has 0 atom stereocenters. The van der Waals surface area contributed by atoms with E-state index in [2.05, 4.69) is 5.32 Å². The fourth-order valence-corrected chi connectivity index (χ4v) is 1.90. The van der Waals surface area contributed by atoms with Crippen molar-refractivity contribution in [3.63, 3.8) is 0 Å². The molecule has 0 aliphatic carbocycles. The molecule has 0 bridgehead atoms. The molecule has 2 aromatic carbocycles. The zero-order valence-corrected chi connectivity index (χ0v) is 12.3. The molecule has 2 rings (SSSR count). The van der Waals surface area contributed by atoms with Gasteiger partial charge in [-0.25, -0.2) is 4.39 Å². The predicted octanol–water partition coefficient (Wildman–Crippen LogP) is 4.08. The van der Waals surface area contributed by atoms with E-state index in [9.17, 15) is 14.3 Å². The number of rotatable bonds is 2. The molecule has 4 heteroatoms. The van der Waals surface area contributed by atoms with E-state index in [1.165, 1.54) is 24.3 Å². The molecule has 0 aliphatic rings. The quantitative estimate of drug-likeness (QED) is 0.818. The number of halogens is 1. The van der Waals surface area contributed by atoms with Gasteiger partial charge in [0.1, 0.15) is 11.6 Å². The second kappa shape index (κ2) is 5.56. The molecule has 0 radical (unpaired) electrons. The lowest BCUT2D eigenvalue weighted by molar-refractivity contribution is 0.102. The molecular weight excluding hydrogens is 269 g/mol. The summed E-state index contributed by atoms with van der Waals surface area (Å²) in [6, 6.07) is 10.4. The highest BCUT2D eigenvalue weighted by Crippen LogP contribution is 2.30. The first-order chi connectivity index (χ1) is 9.77. The molecule has 0 unspecified atom stereocenters. The van der Waals surface area contributed by atoms with Crippen LogP contribution in [-0.4, -0.2) is 11.0 Å². The third kappa shape index (κ3) is 3.60. The minimum atomic E-state index is -0.399. The van der Waals surface area contributed by atoms with Crippen molar-refractivity contribution < 1.29 is 14.3 Å². The van der Waals surface area contributed by atoms with Gasteiger partial charge in [-0.15, -0.1) is 0 Å². The number of nitrogens with one attached hydrogen (secondary N) is 1. The maximum Gasteiger partial charge on any atom is 0.255 e. The van der Waals surface area contributed by atoms with Gasteiger partial charge in [-0.3, -0.25) is 4.79 Å². The fourth-order valence-electron chi connectivity index (χ4n) is 1.90. The molecular formula is C17H18FNO2. The van der Waals surface area contributed by atoms with Crippen LogP contribution >= 0.6 is 0 Å². The minimum absolute atomic E-state index is 0.00142. The van der Waals surface area contributed by atoms with Gasteiger partial charge in [0, 0.05) is 5.56 Å². The zero-order valence-electron chi connectivity index (χ0n) is 12.3. The Kier molecular flexibility index (Phi) is 3.98. The molecule has 2 N–H and O–H groups in total. The van der Waals surface area contributed by atoms with Gasteiger partial charge in [0.15, 0.2) is 0 Å². The highest BCUT2D eigenvalue weighted by molar-refractivity contribution is 6.05. The van der Waals surface area contributed by atoms with Crippen LogP contribution in [0.15, 0.2) is 42.5 Å². The van der Waals surface area contributed by atoms with E-state index in [0.29, 0.717) is 11.3 Å². The predicted molar refractivity (Wildman–Crippen MR) is 81.2 cm³/mol. The van der Waals surface area contributed by atoms with E-state index in [4.69, 9.17) is 0 Å². The molecule has 0 heterocycles. The number of benzene rings is 2. The fraction of sp³-hybridized carbons (Fsp3) is 0.235. The number of carbonyl (C=O) groups excluding carboxylic acids is 1. The van der Waals surface area contributed by atoms with Crippen molar-refractivity contribution in [1.82, 2.24) is 0 Å². The molecule has 110 valence electrons. The van der Waals surface area contributed by atoms with Crippen LogP contribution in [0.5, 0.6) is 5.75 Å². The molecule has 0 aliphatic heterocycles. The Morgan fingerprint density at radius 3 is 2.29 bits per heavy atom. The summed E-state index contributed by atoms with van der Waals surface area (Å²) in [5, 5.41) is 12.5. The number of amides is 1. The molecule has 3 nitrogen and oxygen atoms in total. The lowest BCUT2D eigenvalue weighted by Crippen LogP contribution is -2.15. The van der Waals surface area contributed by atoms with E-state index in [0.717, 1.165) is 5.56 Å². The van der Waals surface area contributed by atoms with E-state index in [-0.39, 0.29) is 11.2 Å². The van der Waals surface area contributed by atoms with Crippen LogP contribution in [0.1, 0.15) is 36.7 Å². The summed E-state index contributed by atoms with van der Waals surface area (Å²) >= 11 is 0. The third-order valence-electron chi connectivity index (χ3n) is 3.22. The Balaban J connectivity index is 2.26. The molecule has 0 spiro atoms. The normalized spacial score (nSPS) is 11.2. The van der Waals surface area contributed by atoms with Gasteiger partial charge < -0.3 is 10.4 Å². The van der Waals surface area contributed by atoms with Gasteiger partial charge >= 0.3 is 0 Å². The van der Waals surface area contributed by atoms with E-state index in [1.807, 2.05) is 26.8 Å². The smallest absolute Gasteiger partial charge is 0.255 e. The number of hydrogen-bond donors (Lipinski definition) is 2. The first-order valence-electron chi connectivity index (χ1n) is 6.68. The summed E-state index contributed by atoms with van der Waals surface area (Å²) in [7, 11) is 0. The van der Waals surface area contributed by atoms with Gasteiger partial charge in [0.25, 0.3) is 5.91 Å². The number of hydrogen-bond acceptors (Lipinski definition) is 2. The second-order valence-electron chi connectivity index (χ2n) is 5.94. The average molecular weight is 287 g/mol. The van der Waals surface area contributed by atoms with Gasteiger partial charge in [0.2, 0.25) is 0 Å². The Morgan fingerprint density at radius 2 is 1.71 bits per heavy atom. The third-order valence-corrected chi connectivity index (χ3v) is 3.22. The summed E-state index contributed by atoms with van der Waals surface area (Å²) in [6.45, 7) is 6.14. The zero-order chi connectivity index (χ0) is 15.6. The topological polar surface area (TPSA) is 49.3 Å². The number of phenols is 1. The van der Waals surface area contributed by atoms with Crippen LogP contribution < -0.4 is 5.32 Å². The Morgan fingerprint density at radius 1 is 1.10 bits per heavy atom. The lowest BCUT2D eigenvalue weighted by atomic mass is 9.87. The summed E-state index contributed by atoms with van der Waals surface area (Å²) in [6.07, 6.45) is 0. The van der Waals surface area contributed by atoms with Crippen LogP contribution in [0.4, 0.5) is 10.1 Å². The van der Waals surface area contributed by atoms with E-state index >= 15 is 0 Å². The Bertz CT molecular complexity index is 657. The highest BCUT2D eigenvalue weighted by Gasteiger charge is 2.16. The Hall–Kier alpha value is -2.36. The van der Waals surface area contributed by atoms with Crippen molar-refractivity contribution in [3.8, 4) is 5.75 Å². The first kappa shape index (κ1) is 15.0. The van der Waals surface area contributed by atoms with E-state index in [1.54, 1.807) is 12.1 Å². The van der Waals surface area contributed by atoms with Crippen LogP contribution in [0.3, 0.4) is 0 Å². The van der Waals surface area contributed by atoms with Crippen LogP contribution in [0.25, 0.3) is 0 Å². The van der Waals surface area contributed by atoms with Crippen molar-refractivity contribution >= 4 is 11.6 Å². The maximum atomic E-state index is 12.9. The summed E-state index contributed by atoms with van der Waals surface area (Å²) in [5.41, 5.74) is 1.58.